The first-order valence-electron chi connectivity index (χ1n) is 4.12. The summed E-state index contributed by atoms with van der Waals surface area (Å²) in [6, 6.07) is 5.96. The van der Waals surface area contributed by atoms with Crippen molar-refractivity contribution in [2.45, 2.75) is 19.8 Å². The van der Waals surface area contributed by atoms with Crippen LogP contribution in [0.25, 0.3) is 0 Å². The fourth-order valence-electron chi connectivity index (χ4n) is 1.28. The van der Waals surface area contributed by atoms with E-state index in [9.17, 15) is 0 Å². The van der Waals surface area contributed by atoms with E-state index in [1.807, 2.05) is 19.1 Å². The largest absolute Gasteiger partial charge is 0.330 e. The van der Waals surface area contributed by atoms with Gasteiger partial charge in [0.05, 0.1) is 0 Å². The standard InChI is InChI=1S/C10H14ClN/c1-7(6-12)9-4-3-5-10(11)8(9)2/h3-5,7H,6,12H2,1-2H3. The van der Waals surface area contributed by atoms with E-state index in [1.54, 1.807) is 0 Å². The summed E-state index contributed by atoms with van der Waals surface area (Å²) in [5.41, 5.74) is 7.98. The normalized spacial score (nSPS) is 13.0. The molecular formula is C10H14ClN. The highest BCUT2D eigenvalue weighted by atomic mass is 35.5. The molecule has 0 amide bonds. The molecule has 1 unspecified atom stereocenters. The zero-order valence-electron chi connectivity index (χ0n) is 7.47. The third-order valence-electron chi connectivity index (χ3n) is 2.19. The molecule has 2 heteroatoms. The molecule has 1 nitrogen and oxygen atoms in total. The van der Waals surface area contributed by atoms with Crippen molar-refractivity contribution in [2.24, 2.45) is 5.73 Å². The minimum atomic E-state index is 0.392. The van der Waals surface area contributed by atoms with Crippen LogP contribution in [0.2, 0.25) is 5.02 Å². The minimum Gasteiger partial charge on any atom is -0.330 e. The molecule has 12 heavy (non-hydrogen) atoms. The molecule has 0 aliphatic heterocycles. The molecule has 0 aliphatic carbocycles. The van der Waals surface area contributed by atoms with E-state index < -0.39 is 0 Å². The summed E-state index contributed by atoms with van der Waals surface area (Å²) >= 11 is 5.97. The molecule has 0 saturated carbocycles. The molecule has 0 bridgehead atoms. The predicted octanol–water partition coefficient (Wildman–Crippen LogP) is 2.71. The maximum atomic E-state index is 5.97. The number of benzene rings is 1. The lowest BCUT2D eigenvalue weighted by Gasteiger charge is -2.12. The Labute approximate surface area is 78.5 Å². The predicted molar refractivity (Wildman–Crippen MR) is 53.7 cm³/mol. The minimum absolute atomic E-state index is 0.392. The summed E-state index contributed by atoms with van der Waals surface area (Å²) in [4.78, 5) is 0. The van der Waals surface area contributed by atoms with Gasteiger partial charge in [0.1, 0.15) is 0 Å². The van der Waals surface area contributed by atoms with Gasteiger partial charge in [0.2, 0.25) is 0 Å². The quantitative estimate of drug-likeness (QED) is 0.750. The number of hydrogen-bond acceptors (Lipinski definition) is 1. The first-order valence-corrected chi connectivity index (χ1v) is 4.49. The van der Waals surface area contributed by atoms with Gasteiger partial charge in [-0.3, -0.25) is 0 Å². The Morgan fingerprint density at radius 3 is 2.75 bits per heavy atom. The first kappa shape index (κ1) is 9.56. The summed E-state index contributed by atoms with van der Waals surface area (Å²) < 4.78 is 0. The zero-order valence-corrected chi connectivity index (χ0v) is 8.23. The summed E-state index contributed by atoms with van der Waals surface area (Å²) in [5, 5.41) is 0.827. The van der Waals surface area contributed by atoms with Gasteiger partial charge in [0.15, 0.2) is 0 Å². The van der Waals surface area contributed by atoms with Gasteiger partial charge in [-0.2, -0.15) is 0 Å². The summed E-state index contributed by atoms with van der Waals surface area (Å²) in [7, 11) is 0. The summed E-state index contributed by atoms with van der Waals surface area (Å²) in [5.74, 6) is 0.392. The maximum absolute atomic E-state index is 5.97. The molecule has 0 radical (unpaired) electrons. The Morgan fingerprint density at radius 1 is 1.50 bits per heavy atom. The fraction of sp³-hybridized carbons (Fsp3) is 0.400. The molecule has 0 spiro atoms. The topological polar surface area (TPSA) is 26.0 Å². The number of hydrogen-bond donors (Lipinski definition) is 1. The molecule has 0 fully saturated rings. The second-order valence-electron chi connectivity index (χ2n) is 3.09. The van der Waals surface area contributed by atoms with E-state index in [2.05, 4.69) is 13.0 Å². The molecule has 0 aromatic heterocycles. The van der Waals surface area contributed by atoms with Gasteiger partial charge in [0.25, 0.3) is 0 Å². The second-order valence-corrected chi connectivity index (χ2v) is 3.50. The lowest BCUT2D eigenvalue weighted by atomic mass is 9.97. The number of halogens is 1. The van der Waals surface area contributed by atoms with E-state index in [0.29, 0.717) is 12.5 Å². The van der Waals surface area contributed by atoms with Crippen LogP contribution >= 0.6 is 11.6 Å². The highest BCUT2D eigenvalue weighted by molar-refractivity contribution is 6.31. The SMILES string of the molecule is Cc1c(Cl)cccc1C(C)CN. The number of rotatable bonds is 2. The van der Waals surface area contributed by atoms with E-state index in [0.717, 1.165) is 10.6 Å². The Morgan fingerprint density at radius 2 is 2.17 bits per heavy atom. The van der Waals surface area contributed by atoms with Crippen molar-refractivity contribution >= 4 is 11.6 Å². The van der Waals surface area contributed by atoms with E-state index in [1.165, 1.54) is 5.56 Å². The summed E-state index contributed by atoms with van der Waals surface area (Å²) in [6.07, 6.45) is 0. The van der Waals surface area contributed by atoms with Crippen LogP contribution in [0.5, 0.6) is 0 Å². The van der Waals surface area contributed by atoms with Crippen LogP contribution in [0, 0.1) is 6.92 Å². The van der Waals surface area contributed by atoms with E-state index >= 15 is 0 Å². The molecule has 0 saturated heterocycles. The van der Waals surface area contributed by atoms with Crippen LogP contribution in [0.1, 0.15) is 24.0 Å². The van der Waals surface area contributed by atoms with Crippen molar-refractivity contribution in [1.82, 2.24) is 0 Å². The van der Waals surface area contributed by atoms with Gasteiger partial charge in [-0.1, -0.05) is 30.7 Å². The smallest absolute Gasteiger partial charge is 0.0438 e. The van der Waals surface area contributed by atoms with Gasteiger partial charge >= 0.3 is 0 Å². The second kappa shape index (κ2) is 3.92. The third kappa shape index (κ3) is 1.79. The molecule has 66 valence electrons. The van der Waals surface area contributed by atoms with Crippen molar-refractivity contribution in [2.75, 3.05) is 6.54 Å². The molecule has 1 rings (SSSR count). The Hall–Kier alpha value is -0.530. The number of nitrogens with two attached hydrogens (primary N) is 1. The van der Waals surface area contributed by atoms with Crippen LogP contribution in [-0.4, -0.2) is 6.54 Å². The van der Waals surface area contributed by atoms with Gasteiger partial charge in [0, 0.05) is 5.02 Å². The summed E-state index contributed by atoms with van der Waals surface area (Å²) in [6.45, 7) is 4.81. The Bertz CT molecular complexity index is 271. The third-order valence-corrected chi connectivity index (χ3v) is 2.60. The van der Waals surface area contributed by atoms with Crippen molar-refractivity contribution in [1.29, 1.82) is 0 Å². The monoisotopic (exact) mass is 183 g/mol. The van der Waals surface area contributed by atoms with Crippen molar-refractivity contribution < 1.29 is 0 Å². The van der Waals surface area contributed by atoms with Crippen LogP contribution < -0.4 is 5.73 Å². The molecule has 1 aromatic carbocycles. The van der Waals surface area contributed by atoms with Crippen molar-refractivity contribution in [3.63, 3.8) is 0 Å². The lowest BCUT2D eigenvalue weighted by Crippen LogP contribution is -2.10. The average molecular weight is 184 g/mol. The molecule has 0 aliphatic rings. The van der Waals surface area contributed by atoms with Gasteiger partial charge in [-0.15, -0.1) is 0 Å². The molecule has 2 N–H and O–H groups in total. The highest BCUT2D eigenvalue weighted by Gasteiger charge is 2.07. The average Bonchev–Trinajstić information content (AvgIpc) is 2.08. The molecular weight excluding hydrogens is 170 g/mol. The zero-order chi connectivity index (χ0) is 9.14. The van der Waals surface area contributed by atoms with Gasteiger partial charge in [-0.05, 0) is 36.6 Å². The highest BCUT2D eigenvalue weighted by Crippen LogP contribution is 2.24. The lowest BCUT2D eigenvalue weighted by molar-refractivity contribution is 0.768. The van der Waals surface area contributed by atoms with Crippen LogP contribution in [-0.2, 0) is 0 Å². The van der Waals surface area contributed by atoms with E-state index in [-0.39, 0.29) is 0 Å². The van der Waals surface area contributed by atoms with Crippen molar-refractivity contribution in [3.05, 3.63) is 34.3 Å². The van der Waals surface area contributed by atoms with Crippen LogP contribution in [0.15, 0.2) is 18.2 Å². The Balaban J connectivity index is 3.07. The Kier molecular flexibility index (Phi) is 3.12. The molecule has 0 heterocycles. The fourth-order valence-corrected chi connectivity index (χ4v) is 1.47. The van der Waals surface area contributed by atoms with Crippen LogP contribution in [0.4, 0.5) is 0 Å². The van der Waals surface area contributed by atoms with Crippen molar-refractivity contribution in [3.8, 4) is 0 Å². The van der Waals surface area contributed by atoms with E-state index in [4.69, 9.17) is 17.3 Å². The first-order chi connectivity index (χ1) is 5.66. The molecule has 1 aromatic rings. The van der Waals surface area contributed by atoms with Crippen LogP contribution in [0.3, 0.4) is 0 Å². The van der Waals surface area contributed by atoms with Gasteiger partial charge in [-0.25, -0.2) is 0 Å². The van der Waals surface area contributed by atoms with Gasteiger partial charge < -0.3 is 5.73 Å². The maximum Gasteiger partial charge on any atom is 0.0438 e. The molecule has 1 atom stereocenters.